The fourth-order valence-electron chi connectivity index (χ4n) is 5.72. The van der Waals surface area contributed by atoms with Gasteiger partial charge >= 0.3 is 0 Å². The van der Waals surface area contributed by atoms with E-state index in [4.69, 9.17) is 4.98 Å². The number of thiazole rings is 1. The van der Waals surface area contributed by atoms with Crippen LogP contribution < -0.4 is 4.90 Å². The summed E-state index contributed by atoms with van der Waals surface area (Å²) in [5.41, 5.74) is 6.75. The number of likely N-dealkylation sites (N-methyl/N-ethyl adjacent to an activating group) is 1. The summed E-state index contributed by atoms with van der Waals surface area (Å²) in [6, 6.07) is 32.4. The van der Waals surface area contributed by atoms with Crippen LogP contribution in [0.25, 0.3) is 22.0 Å². The van der Waals surface area contributed by atoms with Crippen LogP contribution >= 0.6 is 11.3 Å². The second-order valence-corrected chi connectivity index (χ2v) is 12.0. The first kappa shape index (κ1) is 29.5. The number of hydrogen-bond acceptors (Lipinski definition) is 5. The summed E-state index contributed by atoms with van der Waals surface area (Å²) in [6.45, 7) is 5.61. The number of carbonyl (C=O) groups excluding carboxylic acids is 2. The summed E-state index contributed by atoms with van der Waals surface area (Å²) >= 11 is 1.62. The maximum Gasteiger partial charge on any atom is 0.255 e. The van der Waals surface area contributed by atoms with Gasteiger partial charge in [-0.1, -0.05) is 78.9 Å². The van der Waals surface area contributed by atoms with E-state index in [9.17, 15) is 9.59 Å². The average molecular weight is 604 g/mol. The molecule has 1 aliphatic rings. The monoisotopic (exact) mass is 603 g/mol. The molecule has 0 radical (unpaired) electrons. The van der Waals surface area contributed by atoms with Crippen molar-refractivity contribution in [2.75, 3.05) is 44.7 Å². The molecule has 1 aliphatic heterocycles. The lowest BCUT2D eigenvalue weighted by molar-refractivity contribution is -0.119. The SMILES string of the molecule is Cc1c(C(=O)N2CCN(CC(=O)N(C)c3ccccc3)CC2)cc(-c2csc(-c3ccccc3)n2)n1CCc1ccccc1. The fraction of sp³-hybridized carbons (Fsp3) is 0.250. The van der Waals surface area contributed by atoms with Gasteiger partial charge in [0, 0.05) is 62.1 Å². The number of aryl methyl sites for hydroxylation is 1. The highest BCUT2D eigenvalue weighted by atomic mass is 32.1. The molecule has 3 heterocycles. The third-order valence-corrected chi connectivity index (χ3v) is 9.28. The third-order valence-electron chi connectivity index (χ3n) is 8.39. The molecule has 44 heavy (non-hydrogen) atoms. The molecule has 7 nitrogen and oxygen atoms in total. The molecule has 2 amide bonds. The van der Waals surface area contributed by atoms with Gasteiger partial charge in [0.05, 0.1) is 23.5 Å². The van der Waals surface area contributed by atoms with Gasteiger partial charge in [0.15, 0.2) is 0 Å². The molecule has 0 spiro atoms. The lowest BCUT2D eigenvalue weighted by atomic mass is 10.1. The zero-order valence-electron chi connectivity index (χ0n) is 25.2. The van der Waals surface area contributed by atoms with E-state index in [2.05, 4.69) is 51.2 Å². The normalized spacial score (nSPS) is 13.6. The molecule has 2 aromatic heterocycles. The van der Waals surface area contributed by atoms with Crippen molar-refractivity contribution < 1.29 is 9.59 Å². The molecular weight excluding hydrogens is 566 g/mol. The van der Waals surface area contributed by atoms with Crippen LogP contribution in [0.2, 0.25) is 0 Å². The maximum atomic E-state index is 13.9. The van der Waals surface area contributed by atoms with Gasteiger partial charge in [-0.15, -0.1) is 11.3 Å². The minimum atomic E-state index is 0.0353. The van der Waals surface area contributed by atoms with E-state index in [0.717, 1.165) is 51.9 Å². The second kappa shape index (κ2) is 13.4. The van der Waals surface area contributed by atoms with E-state index < -0.39 is 0 Å². The van der Waals surface area contributed by atoms with E-state index >= 15 is 0 Å². The quantitative estimate of drug-likeness (QED) is 0.200. The van der Waals surface area contributed by atoms with E-state index in [1.807, 2.05) is 79.5 Å². The van der Waals surface area contributed by atoms with Crippen LogP contribution in [-0.2, 0) is 17.8 Å². The molecule has 0 unspecified atom stereocenters. The van der Waals surface area contributed by atoms with E-state index in [0.29, 0.717) is 32.7 Å². The number of piperazine rings is 1. The van der Waals surface area contributed by atoms with Gasteiger partial charge in [-0.05, 0) is 37.1 Å². The molecular formula is C36H37N5O2S. The number of carbonyl (C=O) groups is 2. The molecule has 8 heteroatoms. The molecule has 5 aromatic rings. The smallest absolute Gasteiger partial charge is 0.255 e. The Labute approximate surface area is 263 Å². The highest BCUT2D eigenvalue weighted by Gasteiger charge is 2.28. The number of rotatable bonds is 9. The molecule has 0 atom stereocenters. The Balaban J connectivity index is 1.18. The summed E-state index contributed by atoms with van der Waals surface area (Å²) < 4.78 is 2.25. The van der Waals surface area contributed by atoms with Crippen molar-refractivity contribution in [3.8, 4) is 22.0 Å². The first-order valence-electron chi connectivity index (χ1n) is 15.1. The van der Waals surface area contributed by atoms with Gasteiger partial charge in [0.2, 0.25) is 5.91 Å². The number of anilines is 1. The van der Waals surface area contributed by atoms with Crippen LogP contribution in [0.15, 0.2) is 102 Å². The highest BCUT2D eigenvalue weighted by molar-refractivity contribution is 7.13. The van der Waals surface area contributed by atoms with Crippen molar-refractivity contribution in [3.63, 3.8) is 0 Å². The van der Waals surface area contributed by atoms with Crippen molar-refractivity contribution in [3.05, 3.63) is 119 Å². The minimum absolute atomic E-state index is 0.0353. The summed E-state index contributed by atoms with van der Waals surface area (Å²) in [5, 5.41) is 3.05. The van der Waals surface area contributed by atoms with Gasteiger partial charge in [0.1, 0.15) is 5.01 Å². The van der Waals surface area contributed by atoms with E-state index in [1.165, 1.54) is 5.56 Å². The maximum absolute atomic E-state index is 13.9. The van der Waals surface area contributed by atoms with Gasteiger partial charge in [-0.25, -0.2) is 4.98 Å². The van der Waals surface area contributed by atoms with Crippen LogP contribution in [0.3, 0.4) is 0 Å². The number of hydrogen-bond donors (Lipinski definition) is 0. The van der Waals surface area contributed by atoms with Crippen LogP contribution in [0.1, 0.15) is 21.6 Å². The van der Waals surface area contributed by atoms with Gasteiger partial charge in [0.25, 0.3) is 5.91 Å². The minimum Gasteiger partial charge on any atom is -0.342 e. The van der Waals surface area contributed by atoms with E-state index in [-0.39, 0.29) is 11.8 Å². The zero-order chi connectivity index (χ0) is 30.5. The number of nitrogens with zero attached hydrogens (tertiary/aromatic N) is 5. The van der Waals surface area contributed by atoms with Crippen molar-refractivity contribution in [2.45, 2.75) is 19.9 Å². The molecule has 0 N–H and O–H groups in total. The molecule has 1 saturated heterocycles. The fourth-order valence-corrected chi connectivity index (χ4v) is 6.54. The molecule has 1 fully saturated rings. The topological polar surface area (TPSA) is 61.7 Å². The number of benzene rings is 3. The van der Waals surface area contributed by atoms with Crippen molar-refractivity contribution in [1.29, 1.82) is 0 Å². The Morgan fingerprint density at radius 1 is 0.864 bits per heavy atom. The van der Waals surface area contributed by atoms with Crippen LogP contribution in [0.5, 0.6) is 0 Å². The van der Waals surface area contributed by atoms with E-state index in [1.54, 1.807) is 16.2 Å². The lowest BCUT2D eigenvalue weighted by Crippen LogP contribution is -2.51. The number of amides is 2. The third kappa shape index (κ3) is 6.51. The molecule has 224 valence electrons. The van der Waals surface area contributed by atoms with Gasteiger partial charge in [-0.2, -0.15) is 0 Å². The largest absolute Gasteiger partial charge is 0.342 e. The summed E-state index contributed by atoms with van der Waals surface area (Å²) in [6.07, 6.45) is 0.858. The Bertz CT molecular complexity index is 1710. The molecule has 0 aliphatic carbocycles. The van der Waals surface area contributed by atoms with Crippen molar-refractivity contribution in [2.24, 2.45) is 0 Å². The Morgan fingerprint density at radius 2 is 1.50 bits per heavy atom. The molecule has 3 aromatic carbocycles. The lowest BCUT2D eigenvalue weighted by Gasteiger charge is -2.35. The molecule has 0 bridgehead atoms. The highest BCUT2D eigenvalue weighted by Crippen LogP contribution is 2.32. The standard InChI is InChI=1S/C36H37N5O2S/c1-27-31(36(43)40-22-20-39(21-23-40)25-34(42)38(2)30-16-10-5-11-17-30)24-33(41(27)19-18-28-12-6-3-7-13-28)32-26-44-35(37-32)29-14-8-4-9-15-29/h3-17,24,26H,18-23,25H2,1-2H3. The average Bonchev–Trinajstić information content (AvgIpc) is 3.69. The number of para-hydroxylation sites is 1. The zero-order valence-corrected chi connectivity index (χ0v) is 26.0. The Morgan fingerprint density at radius 3 is 2.18 bits per heavy atom. The van der Waals surface area contributed by atoms with Gasteiger partial charge in [-0.3, -0.25) is 14.5 Å². The van der Waals surface area contributed by atoms with Crippen LogP contribution in [-0.4, -0.2) is 70.9 Å². The van der Waals surface area contributed by atoms with Crippen LogP contribution in [0.4, 0.5) is 5.69 Å². The van der Waals surface area contributed by atoms with Crippen LogP contribution in [0, 0.1) is 6.92 Å². The Kier molecular flexibility index (Phi) is 9.00. The number of aromatic nitrogens is 2. The summed E-state index contributed by atoms with van der Waals surface area (Å²) in [5.74, 6) is 0.0817. The molecule has 6 rings (SSSR count). The first-order chi connectivity index (χ1) is 21.5. The van der Waals surface area contributed by atoms with Gasteiger partial charge < -0.3 is 14.4 Å². The summed E-state index contributed by atoms with van der Waals surface area (Å²) in [4.78, 5) is 37.6. The van der Waals surface area contributed by atoms with Crippen molar-refractivity contribution >= 4 is 28.8 Å². The Hall–Kier alpha value is -4.53. The predicted molar refractivity (Wildman–Crippen MR) is 178 cm³/mol. The first-order valence-corrected chi connectivity index (χ1v) is 15.9. The molecule has 0 saturated carbocycles. The van der Waals surface area contributed by atoms with Crippen molar-refractivity contribution in [1.82, 2.24) is 19.4 Å². The second-order valence-electron chi connectivity index (χ2n) is 11.2. The summed E-state index contributed by atoms with van der Waals surface area (Å²) in [7, 11) is 1.81. The predicted octanol–water partition coefficient (Wildman–Crippen LogP) is 6.25.